The third kappa shape index (κ3) is 3.81. The fraction of sp³-hybridized carbons (Fsp3) is 0.0455. The fourth-order valence-corrected chi connectivity index (χ4v) is 2.80. The number of benzene rings is 3. The lowest BCUT2D eigenvalue weighted by Gasteiger charge is -2.15. The summed E-state index contributed by atoms with van der Waals surface area (Å²) in [5.74, 6) is -0.137. The molecule has 0 radical (unpaired) electrons. The Hall–Kier alpha value is -3.80. The average molecular weight is 373 g/mol. The summed E-state index contributed by atoms with van der Waals surface area (Å²) in [6.45, 7) is 0. The largest absolute Gasteiger partial charge is 0.418 e. The van der Waals surface area contributed by atoms with Crippen molar-refractivity contribution in [2.75, 3.05) is 0 Å². The second-order valence-electron chi connectivity index (χ2n) is 6.14. The van der Waals surface area contributed by atoms with E-state index in [9.17, 15) is 9.18 Å². The van der Waals surface area contributed by atoms with Crippen LogP contribution in [0.4, 0.5) is 4.39 Å². The second-order valence-corrected chi connectivity index (χ2v) is 6.14. The van der Waals surface area contributed by atoms with E-state index in [1.54, 1.807) is 0 Å². The van der Waals surface area contributed by atoms with E-state index in [0.717, 1.165) is 11.1 Å². The Morgan fingerprint density at radius 3 is 2.18 bits per heavy atom. The molecule has 0 aliphatic heterocycles. The molecule has 0 aliphatic rings. The Morgan fingerprint density at radius 2 is 1.50 bits per heavy atom. The molecule has 0 unspecified atom stereocenters. The average Bonchev–Trinajstić information content (AvgIpc) is 3.23. The first-order chi connectivity index (χ1) is 13.7. The van der Waals surface area contributed by atoms with Crippen LogP contribution in [0.2, 0.25) is 0 Å². The van der Waals surface area contributed by atoms with Crippen molar-refractivity contribution in [2.24, 2.45) is 0 Å². The molecular weight excluding hydrogens is 357 g/mol. The lowest BCUT2D eigenvalue weighted by atomic mass is 10.1. The SMILES string of the molecule is O=C(N[C@@H](c1ccccc1)c1nnc(-c2ccccc2)o1)c1ccc(F)cc1. The molecule has 6 heteroatoms. The molecule has 0 saturated heterocycles. The first-order valence-corrected chi connectivity index (χ1v) is 8.71. The van der Waals surface area contributed by atoms with Gasteiger partial charge >= 0.3 is 0 Å². The van der Waals surface area contributed by atoms with Gasteiger partial charge in [0.05, 0.1) is 0 Å². The summed E-state index contributed by atoms with van der Waals surface area (Å²) >= 11 is 0. The maximum atomic E-state index is 13.1. The molecule has 1 heterocycles. The number of carbonyl (C=O) groups is 1. The van der Waals surface area contributed by atoms with E-state index in [0.29, 0.717) is 11.5 Å². The molecular formula is C22H16FN3O2. The topological polar surface area (TPSA) is 68.0 Å². The van der Waals surface area contributed by atoms with Gasteiger partial charge in [-0.05, 0) is 42.0 Å². The van der Waals surface area contributed by atoms with Crippen molar-refractivity contribution in [1.82, 2.24) is 15.5 Å². The molecule has 28 heavy (non-hydrogen) atoms. The zero-order valence-electron chi connectivity index (χ0n) is 14.7. The first kappa shape index (κ1) is 17.6. The number of halogens is 1. The normalized spacial score (nSPS) is 11.8. The van der Waals surface area contributed by atoms with Crippen molar-refractivity contribution in [3.8, 4) is 11.5 Å². The van der Waals surface area contributed by atoms with Gasteiger partial charge in [-0.2, -0.15) is 0 Å². The zero-order chi connectivity index (χ0) is 19.3. The molecule has 0 saturated carbocycles. The minimum Gasteiger partial charge on any atom is -0.418 e. The molecule has 0 aliphatic carbocycles. The Labute approximate surface area is 160 Å². The third-order valence-corrected chi connectivity index (χ3v) is 4.22. The molecule has 138 valence electrons. The van der Waals surface area contributed by atoms with Gasteiger partial charge < -0.3 is 9.73 Å². The van der Waals surface area contributed by atoms with Crippen LogP contribution in [0.5, 0.6) is 0 Å². The van der Waals surface area contributed by atoms with Crippen molar-refractivity contribution in [3.05, 3.63) is 108 Å². The van der Waals surface area contributed by atoms with Crippen LogP contribution in [-0.4, -0.2) is 16.1 Å². The van der Waals surface area contributed by atoms with Crippen molar-refractivity contribution < 1.29 is 13.6 Å². The molecule has 4 aromatic rings. The summed E-state index contributed by atoms with van der Waals surface area (Å²) in [4.78, 5) is 12.7. The fourth-order valence-electron chi connectivity index (χ4n) is 2.80. The van der Waals surface area contributed by atoms with Gasteiger partial charge in [-0.25, -0.2) is 4.39 Å². The van der Waals surface area contributed by atoms with Crippen LogP contribution in [0, 0.1) is 5.82 Å². The Kier molecular flexibility index (Phi) is 4.93. The van der Waals surface area contributed by atoms with Gasteiger partial charge in [0.15, 0.2) is 0 Å². The molecule has 3 aromatic carbocycles. The van der Waals surface area contributed by atoms with Crippen LogP contribution in [0.1, 0.15) is 27.9 Å². The van der Waals surface area contributed by atoms with E-state index in [-0.39, 0.29) is 11.8 Å². The van der Waals surface area contributed by atoms with Gasteiger partial charge in [-0.3, -0.25) is 4.79 Å². The number of aromatic nitrogens is 2. The summed E-state index contributed by atoms with van der Waals surface area (Å²) in [7, 11) is 0. The van der Waals surface area contributed by atoms with Crippen LogP contribution in [0.25, 0.3) is 11.5 Å². The highest BCUT2D eigenvalue weighted by Gasteiger charge is 2.24. The maximum Gasteiger partial charge on any atom is 0.252 e. The van der Waals surface area contributed by atoms with E-state index in [1.165, 1.54) is 24.3 Å². The van der Waals surface area contributed by atoms with Gasteiger partial charge in [-0.1, -0.05) is 48.5 Å². The quantitative estimate of drug-likeness (QED) is 0.563. The van der Waals surface area contributed by atoms with E-state index in [1.807, 2.05) is 60.7 Å². The number of rotatable bonds is 5. The van der Waals surface area contributed by atoms with E-state index >= 15 is 0 Å². The minimum absolute atomic E-state index is 0.264. The minimum atomic E-state index is -0.635. The Balaban J connectivity index is 1.66. The smallest absolute Gasteiger partial charge is 0.252 e. The molecule has 1 N–H and O–H groups in total. The highest BCUT2D eigenvalue weighted by molar-refractivity contribution is 5.94. The number of carbonyl (C=O) groups excluding carboxylic acids is 1. The molecule has 0 fully saturated rings. The molecule has 1 aromatic heterocycles. The van der Waals surface area contributed by atoms with Crippen LogP contribution in [-0.2, 0) is 0 Å². The number of hydrogen-bond donors (Lipinski definition) is 1. The Bertz CT molecular complexity index is 1060. The highest BCUT2D eigenvalue weighted by Crippen LogP contribution is 2.25. The van der Waals surface area contributed by atoms with Gasteiger partial charge in [-0.15, -0.1) is 10.2 Å². The maximum absolute atomic E-state index is 13.1. The van der Waals surface area contributed by atoms with Crippen molar-refractivity contribution in [2.45, 2.75) is 6.04 Å². The summed E-state index contributed by atoms with van der Waals surface area (Å²) in [5.41, 5.74) is 1.92. The third-order valence-electron chi connectivity index (χ3n) is 4.22. The summed E-state index contributed by atoms with van der Waals surface area (Å²) < 4.78 is 19.0. The number of hydrogen-bond acceptors (Lipinski definition) is 4. The van der Waals surface area contributed by atoms with Crippen molar-refractivity contribution in [3.63, 3.8) is 0 Å². The zero-order valence-corrected chi connectivity index (χ0v) is 14.7. The molecule has 4 rings (SSSR count). The second kappa shape index (κ2) is 7.84. The van der Waals surface area contributed by atoms with Crippen molar-refractivity contribution >= 4 is 5.91 Å². The van der Waals surface area contributed by atoms with Crippen LogP contribution in [0.3, 0.4) is 0 Å². The molecule has 5 nitrogen and oxygen atoms in total. The van der Waals surface area contributed by atoms with E-state index in [4.69, 9.17) is 4.42 Å². The number of nitrogens with one attached hydrogen (secondary N) is 1. The summed E-state index contributed by atoms with van der Waals surface area (Å²) in [6, 6.07) is 23.4. The number of amides is 1. The molecule has 0 spiro atoms. The lowest BCUT2D eigenvalue weighted by Crippen LogP contribution is -2.29. The standard InChI is InChI=1S/C22H16FN3O2/c23-18-13-11-16(12-14-18)20(27)24-19(15-7-3-1-4-8-15)22-26-25-21(28-22)17-9-5-2-6-10-17/h1-14,19H,(H,24,27)/t19-/m0/s1. The summed E-state index contributed by atoms with van der Waals surface area (Å²) in [6.07, 6.45) is 0. The first-order valence-electron chi connectivity index (χ1n) is 8.71. The highest BCUT2D eigenvalue weighted by atomic mass is 19.1. The van der Waals surface area contributed by atoms with Crippen LogP contribution >= 0.6 is 0 Å². The van der Waals surface area contributed by atoms with Gasteiger partial charge in [0.25, 0.3) is 5.91 Å². The number of nitrogens with zero attached hydrogens (tertiary/aromatic N) is 2. The van der Waals surface area contributed by atoms with Crippen LogP contribution in [0.15, 0.2) is 89.3 Å². The van der Waals surface area contributed by atoms with E-state index in [2.05, 4.69) is 15.5 Å². The van der Waals surface area contributed by atoms with Gasteiger partial charge in [0.1, 0.15) is 11.9 Å². The Morgan fingerprint density at radius 1 is 0.857 bits per heavy atom. The molecule has 0 bridgehead atoms. The lowest BCUT2D eigenvalue weighted by molar-refractivity contribution is 0.0938. The summed E-state index contributed by atoms with van der Waals surface area (Å²) in [5, 5.41) is 11.1. The monoisotopic (exact) mass is 373 g/mol. The predicted octanol–water partition coefficient (Wildman–Crippen LogP) is 4.40. The van der Waals surface area contributed by atoms with Crippen molar-refractivity contribution in [1.29, 1.82) is 0 Å². The van der Waals surface area contributed by atoms with Gasteiger partial charge in [0, 0.05) is 11.1 Å². The van der Waals surface area contributed by atoms with Gasteiger partial charge in [0.2, 0.25) is 11.8 Å². The predicted molar refractivity (Wildman–Crippen MR) is 102 cm³/mol. The molecule has 1 atom stereocenters. The molecule has 1 amide bonds. The van der Waals surface area contributed by atoms with Crippen LogP contribution < -0.4 is 5.32 Å². The van der Waals surface area contributed by atoms with E-state index < -0.39 is 11.9 Å².